The Labute approximate surface area is 177 Å². The summed E-state index contributed by atoms with van der Waals surface area (Å²) in [6.45, 7) is 3.99. The van der Waals surface area contributed by atoms with Crippen LogP contribution in [0.15, 0.2) is 40.2 Å². The Bertz CT molecular complexity index is 1440. The molecular weight excluding hydrogens is 398 g/mol. The molecule has 0 atom stereocenters. The Morgan fingerprint density at radius 3 is 2.68 bits per heavy atom. The number of aryl methyl sites for hydroxylation is 4. The van der Waals surface area contributed by atoms with Crippen LogP contribution < -0.4 is 11.2 Å². The molecule has 0 saturated carbocycles. The standard InChI is InChI=1S/C22H23N5O4/c1-13-6-7-17-15(10-13)16(11-14(2)24-17)21(29)31-9-5-8-27-20(28)18-19(23-12-25(18)3)26(4)22(27)30/h6-7,10-12H,5,8-9H2,1-4H3. The predicted molar refractivity (Wildman–Crippen MR) is 116 cm³/mol. The number of ether oxygens (including phenoxy) is 1. The van der Waals surface area contributed by atoms with Gasteiger partial charge in [0.1, 0.15) is 0 Å². The van der Waals surface area contributed by atoms with Crippen molar-refractivity contribution >= 4 is 28.0 Å². The van der Waals surface area contributed by atoms with Gasteiger partial charge in [-0.2, -0.15) is 0 Å². The van der Waals surface area contributed by atoms with Gasteiger partial charge >= 0.3 is 11.7 Å². The molecule has 0 aliphatic rings. The molecule has 9 heteroatoms. The van der Waals surface area contributed by atoms with Gasteiger partial charge in [0, 0.05) is 31.7 Å². The zero-order chi connectivity index (χ0) is 22.3. The van der Waals surface area contributed by atoms with Crippen LogP contribution in [-0.2, 0) is 25.4 Å². The highest BCUT2D eigenvalue weighted by molar-refractivity contribution is 6.03. The van der Waals surface area contributed by atoms with E-state index < -0.39 is 17.2 Å². The van der Waals surface area contributed by atoms with E-state index in [0.717, 1.165) is 26.7 Å². The first-order valence-electron chi connectivity index (χ1n) is 9.94. The molecule has 4 aromatic rings. The Hall–Kier alpha value is -3.75. The number of imidazole rings is 1. The summed E-state index contributed by atoms with van der Waals surface area (Å²) in [7, 11) is 3.28. The molecule has 31 heavy (non-hydrogen) atoms. The molecule has 0 aliphatic carbocycles. The van der Waals surface area contributed by atoms with Crippen LogP contribution in [0.25, 0.3) is 22.1 Å². The maximum absolute atomic E-state index is 12.7. The highest BCUT2D eigenvalue weighted by Crippen LogP contribution is 2.21. The maximum Gasteiger partial charge on any atom is 0.338 e. The molecule has 0 spiro atoms. The Morgan fingerprint density at radius 1 is 1.13 bits per heavy atom. The maximum atomic E-state index is 12.7. The molecule has 0 N–H and O–H groups in total. The van der Waals surface area contributed by atoms with Gasteiger partial charge in [0.15, 0.2) is 11.2 Å². The quantitative estimate of drug-likeness (QED) is 0.360. The van der Waals surface area contributed by atoms with Crippen LogP contribution in [0.2, 0.25) is 0 Å². The summed E-state index contributed by atoms with van der Waals surface area (Å²) in [5.41, 5.74) is 2.77. The van der Waals surface area contributed by atoms with Gasteiger partial charge in [0.25, 0.3) is 5.56 Å². The first-order chi connectivity index (χ1) is 14.8. The third-order valence-corrected chi connectivity index (χ3v) is 5.27. The number of carbonyl (C=O) groups is 1. The van der Waals surface area contributed by atoms with Gasteiger partial charge < -0.3 is 9.30 Å². The van der Waals surface area contributed by atoms with E-state index in [1.54, 1.807) is 24.7 Å². The zero-order valence-electron chi connectivity index (χ0n) is 17.9. The number of hydrogen-bond donors (Lipinski definition) is 0. The van der Waals surface area contributed by atoms with Gasteiger partial charge in [0.2, 0.25) is 0 Å². The number of rotatable bonds is 5. The summed E-state index contributed by atoms with van der Waals surface area (Å²) >= 11 is 0. The molecule has 0 saturated heterocycles. The van der Waals surface area contributed by atoms with Crippen molar-refractivity contribution < 1.29 is 9.53 Å². The largest absolute Gasteiger partial charge is 0.462 e. The van der Waals surface area contributed by atoms with Crippen molar-refractivity contribution in [3.63, 3.8) is 0 Å². The van der Waals surface area contributed by atoms with E-state index in [1.165, 1.54) is 10.9 Å². The minimum absolute atomic E-state index is 0.0759. The molecule has 0 bridgehead atoms. The van der Waals surface area contributed by atoms with Crippen LogP contribution in [0.1, 0.15) is 28.0 Å². The zero-order valence-corrected chi connectivity index (χ0v) is 17.9. The van der Waals surface area contributed by atoms with E-state index in [2.05, 4.69) is 9.97 Å². The lowest BCUT2D eigenvalue weighted by Gasteiger charge is -2.11. The molecule has 0 aliphatic heterocycles. The summed E-state index contributed by atoms with van der Waals surface area (Å²) in [6.07, 6.45) is 1.83. The normalized spacial score (nSPS) is 11.4. The Morgan fingerprint density at radius 2 is 1.90 bits per heavy atom. The average Bonchev–Trinajstić information content (AvgIpc) is 3.13. The first-order valence-corrected chi connectivity index (χ1v) is 9.94. The van der Waals surface area contributed by atoms with Crippen molar-refractivity contribution in [2.75, 3.05) is 6.61 Å². The lowest BCUT2D eigenvalue weighted by Crippen LogP contribution is -2.39. The number of pyridine rings is 1. The number of esters is 1. The first kappa shape index (κ1) is 20.5. The van der Waals surface area contributed by atoms with Gasteiger partial charge in [-0.15, -0.1) is 0 Å². The molecule has 0 unspecified atom stereocenters. The second kappa shape index (κ2) is 7.82. The highest BCUT2D eigenvalue weighted by Gasteiger charge is 2.16. The van der Waals surface area contributed by atoms with Gasteiger partial charge in [-0.3, -0.25) is 18.9 Å². The summed E-state index contributed by atoms with van der Waals surface area (Å²) in [6, 6.07) is 7.44. The lowest BCUT2D eigenvalue weighted by molar-refractivity contribution is 0.0497. The summed E-state index contributed by atoms with van der Waals surface area (Å²) in [4.78, 5) is 46.5. The summed E-state index contributed by atoms with van der Waals surface area (Å²) < 4.78 is 9.53. The van der Waals surface area contributed by atoms with Crippen LogP contribution >= 0.6 is 0 Å². The highest BCUT2D eigenvalue weighted by atomic mass is 16.5. The van der Waals surface area contributed by atoms with Crippen LogP contribution in [0, 0.1) is 13.8 Å². The van der Waals surface area contributed by atoms with Crippen molar-refractivity contribution in [3.8, 4) is 0 Å². The second-order valence-corrected chi connectivity index (χ2v) is 7.65. The monoisotopic (exact) mass is 421 g/mol. The summed E-state index contributed by atoms with van der Waals surface area (Å²) in [5.74, 6) is -0.455. The fourth-order valence-corrected chi connectivity index (χ4v) is 3.70. The molecule has 0 fully saturated rings. The smallest absolute Gasteiger partial charge is 0.338 e. The van der Waals surface area contributed by atoms with E-state index in [0.29, 0.717) is 23.1 Å². The Balaban J connectivity index is 1.51. The fourth-order valence-electron chi connectivity index (χ4n) is 3.70. The third kappa shape index (κ3) is 3.63. The predicted octanol–water partition coefficient (Wildman–Crippen LogP) is 1.85. The molecule has 1 aromatic carbocycles. The van der Waals surface area contributed by atoms with Crippen LogP contribution in [-0.4, -0.2) is 36.2 Å². The minimum atomic E-state index is -0.455. The average molecular weight is 421 g/mol. The molecule has 0 radical (unpaired) electrons. The van der Waals surface area contributed by atoms with Crippen LogP contribution in [0.5, 0.6) is 0 Å². The van der Waals surface area contributed by atoms with Crippen molar-refractivity contribution in [1.29, 1.82) is 0 Å². The minimum Gasteiger partial charge on any atom is -0.462 e. The van der Waals surface area contributed by atoms with Gasteiger partial charge in [-0.1, -0.05) is 11.6 Å². The van der Waals surface area contributed by atoms with E-state index in [9.17, 15) is 14.4 Å². The SMILES string of the molecule is Cc1ccc2nc(C)cc(C(=O)OCCCn3c(=O)c4c(ncn4C)n(C)c3=O)c2c1. The van der Waals surface area contributed by atoms with Crippen molar-refractivity contribution in [2.24, 2.45) is 14.1 Å². The molecule has 3 heterocycles. The molecule has 4 rings (SSSR count). The van der Waals surface area contributed by atoms with Gasteiger partial charge in [-0.05, 0) is 38.5 Å². The van der Waals surface area contributed by atoms with Crippen LogP contribution in [0.3, 0.4) is 0 Å². The van der Waals surface area contributed by atoms with Gasteiger partial charge in [0.05, 0.1) is 24.0 Å². The molecular formula is C22H23N5O4. The number of hydrogen-bond acceptors (Lipinski definition) is 6. The third-order valence-electron chi connectivity index (χ3n) is 5.27. The van der Waals surface area contributed by atoms with Crippen LogP contribution in [0.4, 0.5) is 0 Å². The lowest BCUT2D eigenvalue weighted by atomic mass is 10.1. The molecule has 9 nitrogen and oxygen atoms in total. The number of benzene rings is 1. The second-order valence-electron chi connectivity index (χ2n) is 7.65. The Kier molecular flexibility index (Phi) is 5.18. The van der Waals surface area contributed by atoms with E-state index in [1.807, 2.05) is 32.0 Å². The van der Waals surface area contributed by atoms with Gasteiger partial charge in [-0.25, -0.2) is 14.6 Å². The molecule has 0 amide bonds. The van der Waals surface area contributed by atoms with Crippen molar-refractivity contribution in [2.45, 2.75) is 26.8 Å². The number of carbonyl (C=O) groups excluding carboxylic acids is 1. The number of aromatic nitrogens is 5. The van der Waals surface area contributed by atoms with Crippen molar-refractivity contribution in [1.82, 2.24) is 23.7 Å². The summed E-state index contributed by atoms with van der Waals surface area (Å²) in [5, 5.41) is 0.738. The van der Waals surface area contributed by atoms with E-state index in [4.69, 9.17) is 4.74 Å². The van der Waals surface area contributed by atoms with E-state index in [-0.39, 0.29) is 13.2 Å². The van der Waals surface area contributed by atoms with Crippen molar-refractivity contribution in [3.05, 3.63) is 68.3 Å². The topological polar surface area (TPSA) is 101 Å². The fraction of sp³-hybridized carbons (Fsp3) is 0.318. The molecule has 3 aromatic heterocycles. The molecule has 160 valence electrons. The number of fused-ring (bicyclic) bond motifs is 2. The number of nitrogens with zero attached hydrogens (tertiary/aromatic N) is 5. The van der Waals surface area contributed by atoms with E-state index >= 15 is 0 Å².